The fraction of sp³-hybridized carbons (Fsp3) is 1.00. The molecule has 0 spiro atoms. The standard InChI is InChI=1S/C9H18N4/c1-13(8-7-11-12-10)9-5-3-2-4-6-9/h9H,2-8H2,1H3. The van der Waals surface area contributed by atoms with Gasteiger partial charge in [0.05, 0.1) is 0 Å². The molecule has 4 heteroatoms. The molecule has 0 aliphatic heterocycles. The predicted octanol–water partition coefficient (Wildman–Crippen LogP) is 2.56. The van der Waals surface area contributed by atoms with E-state index in [1.165, 1.54) is 32.1 Å². The van der Waals surface area contributed by atoms with Crippen LogP contribution in [0.4, 0.5) is 0 Å². The summed E-state index contributed by atoms with van der Waals surface area (Å²) in [5, 5.41) is 3.55. The van der Waals surface area contributed by atoms with Crippen molar-refractivity contribution in [3.63, 3.8) is 0 Å². The van der Waals surface area contributed by atoms with Gasteiger partial charge in [0.2, 0.25) is 0 Å². The van der Waals surface area contributed by atoms with E-state index in [9.17, 15) is 0 Å². The van der Waals surface area contributed by atoms with E-state index >= 15 is 0 Å². The molecule has 0 aromatic heterocycles. The van der Waals surface area contributed by atoms with Crippen LogP contribution in [0, 0.1) is 0 Å². The fourth-order valence-corrected chi connectivity index (χ4v) is 1.95. The summed E-state index contributed by atoms with van der Waals surface area (Å²) in [6, 6.07) is 0.725. The lowest BCUT2D eigenvalue weighted by atomic mass is 9.94. The molecule has 0 aromatic rings. The highest BCUT2D eigenvalue weighted by Gasteiger charge is 2.16. The molecule has 0 amide bonds. The third-order valence-corrected chi connectivity index (χ3v) is 2.81. The fourth-order valence-electron chi connectivity index (χ4n) is 1.95. The number of azide groups is 1. The van der Waals surface area contributed by atoms with Crippen LogP contribution in [0.3, 0.4) is 0 Å². The van der Waals surface area contributed by atoms with Gasteiger partial charge in [-0.3, -0.25) is 0 Å². The minimum absolute atomic E-state index is 0.601. The molecule has 0 N–H and O–H groups in total. The van der Waals surface area contributed by atoms with Crippen molar-refractivity contribution in [2.45, 2.75) is 38.1 Å². The van der Waals surface area contributed by atoms with Gasteiger partial charge in [0.1, 0.15) is 0 Å². The maximum Gasteiger partial charge on any atom is 0.0385 e. The van der Waals surface area contributed by atoms with Gasteiger partial charge in [0.25, 0.3) is 0 Å². The molecule has 0 unspecified atom stereocenters. The molecule has 74 valence electrons. The lowest BCUT2D eigenvalue weighted by Gasteiger charge is -2.30. The molecule has 1 aliphatic carbocycles. The molecule has 4 nitrogen and oxygen atoms in total. The van der Waals surface area contributed by atoms with Gasteiger partial charge in [-0.15, -0.1) is 0 Å². The molecule has 1 fully saturated rings. The van der Waals surface area contributed by atoms with Crippen LogP contribution in [0.5, 0.6) is 0 Å². The molecule has 0 saturated heterocycles. The quantitative estimate of drug-likeness (QED) is 0.374. The summed E-state index contributed by atoms with van der Waals surface area (Å²) in [6.45, 7) is 1.50. The zero-order valence-corrected chi connectivity index (χ0v) is 8.32. The molecule has 0 heterocycles. The van der Waals surface area contributed by atoms with E-state index in [4.69, 9.17) is 5.53 Å². The van der Waals surface area contributed by atoms with E-state index in [-0.39, 0.29) is 0 Å². The Morgan fingerprint density at radius 1 is 1.38 bits per heavy atom. The first kappa shape index (κ1) is 10.4. The Morgan fingerprint density at radius 2 is 2.08 bits per heavy atom. The average molecular weight is 182 g/mol. The topological polar surface area (TPSA) is 52.0 Å². The molecule has 1 aliphatic rings. The van der Waals surface area contributed by atoms with Crippen LogP contribution in [0.1, 0.15) is 32.1 Å². The van der Waals surface area contributed by atoms with Gasteiger partial charge in [0.15, 0.2) is 0 Å². The Labute approximate surface area is 79.5 Å². The monoisotopic (exact) mass is 182 g/mol. The van der Waals surface area contributed by atoms with Crippen LogP contribution in [0.25, 0.3) is 10.4 Å². The molecule has 1 saturated carbocycles. The van der Waals surface area contributed by atoms with Crippen molar-refractivity contribution in [3.8, 4) is 0 Å². The van der Waals surface area contributed by atoms with Crippen molar-refractivity contribution < 1.29 is 0 Å². The minimum atomic E-state index is 0.601. The lowest BCUT2D eigenvalue weighted by Crippen LogP contribution is -2.35. The Hall–Kier alpha value is -0.730. The highest BCUT2D eigenvalue weighted by Crippen LogP contribution is 2.21. The summed E-state index contributed by atoms with van der Waals surface area (Å²) >= 11 is 0. The van der Waals surface area contributed by atoms with Crippen LogP contribution in [0.15, 0.2) is 5.11 Å². The van der Waals surface area contributed by atoms with E-state index in [1.54, 1.807) is 0 Å². The van der Waals surface area contributed by atoms with Gasteiger partial charge in [0, 0.05) is 24.0 Å². The first-order valence-electron chi connectivity index (χ1n) is 5.05. The number of rotatable bonds is 4. The number of likely N-dealkylation sites (N-methyl/N-ethyl adjacent to an activating group) is 1. The van der Waals surface area contributed by atoms with E-state index < -0.39 is 0 Å². The van der Waals surface area contributed by atoms with Gasteiger partial charge in [-0.05, 0) is 25.4 Å². The van der Waals surface area contributed by atoms with E-state index in [1.807, 2.05) is 0 Å². The van der Waals surface area contributed by atoms with Gasteiger partial charge in [-0.25, -0.2) is 0 Å². The number of nitrogens with zero attached hydrogens (tertiary/aromatic N) is 4. The first-order valence-corrected chi connectivity index (χ1v) is 5.05. The second-order valence-electron chi connectivity index (χ2n) is 3.73. The Kier molecular flexibility index (Phi) is 4.65. The highest BCUT2D eigenvalue weighted by molar-refractivity contribution is 4.73. The minimum Gasteiger partial charge on any atom is -0.303 e. The summed E-state index contributed by atoms with van der Waals surface area (Å²) in [5.74, 6) is 0. The smallest absolute Gasteiger partial charge is 0.0385 e. The maximum atomic E-state index is 8.13. The lowest BCUT2D eigenvalue weighted by molar-refractivity contribution is 0.196. The SMILES string of the molecule is CN(CCN=[N+]=[N-])C1CCCCC1. The van der Waals surface area contributed by atoms with Crippen molar-refractivity contribution in [1.29, 1.82) is 0 Å². The van der Waals surface area contributed by atoms with Crippen molar-refractivity contribution in [2.75, 3.05) is 20.1 Å². The Bertz CT molecular complexity index is 180. The van der Waals surface area contributed by atoms with Crippen molar-refractivity contribution in [1.82, 2.24) is 4.90 Å². The van der Waals surface area contributed by atoms with Crippen LogP contribution in [0.2, 0.25) is 0 Å². The summed E-state index contributed by atoms with van der Waals surface area (Å²) in [7, 11) is 2.13. The van der Waals surface area contributed by atoms with Gasteiger partial charge >= 0.3 is 0 Å². The third kappa shape index (κ3) is 3.66. The zero-order valence-electron chi connectivity index (χ0n) is 8.32. The van der Waals surface area contributed by atoms with Crippen molar-refractivity contribution in [2.24, 2.45) is 5.11 Å². The van der Waals surface area contributed by atoms with Crippen molar-refractivity contribution in [3.05, 3.63) is 10.4 Å². The average Bonchev–Trinajstić information content (AvgIpc) is 2.19. The predicted molar refractivity (Wildman–Crippen MR) is 53.5 cm³/mol. The van der Waals surface area contributed by atoms with Gasteiger partial charge in [-0.2, -0.15) is 0 Å². The van der Waals surface area contributed by atoms with Crippen LogP contribution in [-0.2, 0) is 0 Å². The molecule has 0 aromatic carbocycles. The summed E-state index contributed by atoms with van der Waals surface area (Å²) in [5.41, 5.74) is 8.13. The summed E-state index contributed by atoms with van der Waals surface area (Å²) in [4.78, 5) is 5.08. The van der Waals surface area contributed by atoms with E-state index in [0.29, 0.717) is 6.54 Å². The number of hydrogen-bond donors (Lipinski definition) is 0. The third-order valence-electron chi connectivity index (χ3n) is 2.81. The summed E-state index contributed by atoms with van der Waals surface area (Å²) in [6.07, 6.45) is 6.73. The Balaban J connectivity index is 2.20. The highest BCUT2D eigenvalue weighted by atomic mass is 15.2. The molecular formula is C9H18N4. The molecule has 0 atom stereocenters. The van der Waals surface area contributed by atoms with Crippen LogP contribution in [-0.4, -0.2) is 31.1 Å². The van der Waals surface area contributed by atoms with Gasteiger partial charge < -0.3 is 4.90 Å². The normalized spacial score (nSPS) is 18.6. The maximum absolute atomic E-state index is 8.13. The van der Waals surface area contributed by atoms with Crippen LogP contribution < -0.4 is 0 Å². The van der Waals surface area contributed by atoms with E-state index in [2.05, 4.69) is 22.0 Å². The summed E-state index contributed by atoms with van der Waals surface area (Å²) < 4.78 is 0. The van der Waals surface area contributed by atoms with Gasteiger partial charge in [-0.1, -0.05) is 24.4 Å². The second kappa shape index (κ2) is 5.84. The second-order valence-corrected chi connectivity index (χ2v) is 3.73. The largest absolute Gasteiger partial charge is 0.303 e. The van der Waals surface area contributed by atoms with E-state index in [0.717, 1.165) is 12.6 Å². The first-order chi connectivity index (χ1) is 6.34. The zero-order chi connectivity index (χ0) is 9.52. The Morgan fingerprint density at radius 3 is 2.69 bits per heavy atom. The molecule has 1 rings (SSSR count). The number of hydrogen-bond acceptors (Lipinski definition) is 2. The van der Waals surface area contributed by atoms with Crippen LogP contribution >= 0.6 is 0 Å². The van der Waals surface area contributed by atoms with Crippen molar-refractivity contribution >= 4 is 0 Å². The molecule has 0 radical (unpaired) electrons. The molecular weight excluding hydrogens is 164 g/mol. The molecule has 0 bridgehead atoms. The molecule has 13 heavy (non-hydrogen) atoms.